The Morgan fingerprint density at radius 2 is 1.73 bits per heavy atom. The van der Waals surface area contributed by atoms with Crippen LogP contribution in [0.2, 0.25) is 0 Å². The minimum atomic E-state index is 0.0258. The number of carbonyl (C=O) groups excluding carboxylic acids is 1. The number of likely N-dealkylation sites (tertiary alicyclic amines) is 1. The molecule has 1 saturated heterocycles. The molecule has 1 aliphatic rings. The van der Waals surface area contributed by atoms with Crippen LogP contribution in [0.15, 0.2) is 77.2 Å². The van der Waals surface area contributed by atoms with E-state index in [4.69, 9.17) is 9.15 Å². The summed E-state index contributed by atoms with van der Waals surface area (Å²) in [6.07, 6.45) is 1.93. The lowest BCUT2D eigenvalue weighted by atomic mass is 10.0. The molecule has 0 N–H and O–H groups in total. The minimum Gasteiger partial charge on any atom is -0.497 e. The molecule has 0 radical (unpaired) electrons. The maximum absolute atomic E-state index is 13.3. The lowest BCUT2D eigenvalue weighted by Gasteiger charge is -2.25. The second kappa shape index (κ2) is 8.90. The summed E-state index contributed by atoms with van der Waals surface area (Å²) in [5.41, 5.74) is 4.55. The normalized spacial score (nSPS) is 15.6. The summed E-state index contributed by atoms with van der Waals surface area (Å²) in [4.78, 5) is 15.2. The van der Waals surface area contributed by atoms with Gasteiger partial charge in [-0.25, -0.2) is 0 Å². The largest absolute Gasteiger partial charge is 0.497 e. The molecule has 1 atom stereocenters. The van der Waals surface area contributed by atoms with Gasteiger partial charge in [0.15, 0.2) is 0 Å². The molecule has 6 nitrogen and oxygen atoms in total. The van der Waals surface area contributed by atoms with Gasteiger partial charge in [-0.2, -0.15) is 0 Å². The van der Waals surface area contributed by atoms with Crippen molar-refractivity contribution in [2.45, 2.75) is 25.8 Å². The maximum Gasteiger partial charge on any atom is 0.254 e. The first-order valence-corrected chi connectivity index (χ1v) is 11.1. The van der Waals surface area contributed by atoms with Crippen molar-refractivity contribution in [2.75, 3.05) is 13.7 Å². The number of carbonyl (C=O) groups is 1. The van der Waals surface area contributed by atoms with Gasteiger partial charge in [0, 0.05) is 23.2 Å². The van der Waals surface area contributed by atoms with Crippen LogP contribution in [0.4, 0.5) is 0 Å². The van der Waals surface area contributed by atoms with Crippen LogP contribution < -0.4 is 4.74 Å². The summed E-state index contributed by atoms with van der Waals surface area (Å²) in [7, 11) is 1.66. The van der Waals surface area contributed by atoms with Gasteiger partial charge in [-0.15, -0.1) is 10.2 Å². The van der Waals surface area contributed by atoms with Gasteiger partial charge < -0.3 is 14.1 Å². The number of ether oxygens (including phenoxy) is 1. The third-order valence-corrected chi connectivity index (χ3v) is 6.06. The van der Waals surface area contributed by atoms with E-state index in [0.717, 1.165) is 47.4 Å². The third-order valence-electron chi connectivity index (χ3n) is 6.06. The van der Waals surface area contributed by atoms with Gasteiger partial charge in [-0.1, -0.05) is 29.8 Å². The Kier molecular flexibility index (Phi) is 5.65. The van der Waals surface area contributed by atoms with Gasteiger partial charge >= 0.3 is 0 Å². The smallest absolute Gasteiger partial charge is 0.254 e. The number of benzene rings is 3. The number of aromatic nitrogens is 2. The van der Waals surface area contributed by atoms with E-state index in [-0.39, 0.29) is 11.9 Å². The van der Waals surface area contributed by atoms with Crippen molar-refractivity contribution in [3.63, 3.8) is 0 Å². The van der Waals surface area contributed by atoms with Crippen molar-refractivity contribution < 1.29 is 13.9 Å². The first-order valence-electron chi connectivity index (χ1n) is 11.1. The first kappa shape index (κ1) is 20.9. The van der Waals surface area contributed by atoms with Crippen molar-refractivity contribution >= 4 is 5.91 Å². The number of nitrogens with zero attached hydrogens (tertiary/aromatic N) is 3. The van der Waals surface area contributed by atoms with E-state index in [9.17, 15) is 4.79 Å². The lowest BCUT2D eigenvalue weighted by molar-refractivity contribution is 0.0735. The van der Waals surface area contributed by atoms with Crippen LogP contribution >= 0.6 is 0 Å². The van der Waals surface area contributed by atoms with Crippen LogP contribution in [-0.4, -0.2) is 34.7 Å². The number of aryl methyl sites for hydroxylation is 1. The van der Waals surface area contributed by atoms with Crippen molar-refractivity contribution in [3.05, 3.63) is 89.5 Å². The fourth-order valence-electron chi connectivity index (χ4n) is 4.36. The molecule has 2 heterocycles. The molecule has 33 heavy (non-hydrogen) atoms. The van der Waals surface area contributed by atoms with Gasteiger partial charge in [0.25, 0.3) is 5.91 Å². The fourth-order valence-corrected chi connectivity index (χ4v) is 4.36. The van der Waals surface area contributed by atoms with Gasteiger partial charge in [0.1, 0.15) is 5.75 Å². The summed E-state index contributed by atoms with van der Waals surface area (Å²) < 4.78 is 11.2. The molecule has 1 unspecified atom stereocenters. The van der Waals surface area contributed by atoms with Gasteiger partial charge in [0.05, 0.1) is 13.2 Å². The van der Waals surface area contributed by atoms with E-state index < -0.39 is 0 Å². The molecule has 6 heteroatoms. The van der Waals surface area contributed by atoms with Crippen LogP contribution in [0.25, 0.3) is 22.9 Å². The fraction of sp³-hybridized carbons (Fsp3) is 0.222. The number of hydrogen-bond acceptors (Lipinski definition) is 5. The van der Waals surface area contributed by atoms with E-state index >= 15 is 0 Å². The number of hydrogen-bond donors (Lipinski definition) is 0. The highest BCUT2D eigenvalue weighted by Crippen LogP contribution is 2.35. The van der Waals surface area contributed by atoms with Gasteiger partial charge in [0.2, 0.25) is 11.8 Å². The Labute approximate surface area is 192 Å². The first-order chi connectivity index (χ1) is 16.1. The molecule has 3 aromatic carbocycles. The van der Waals surface area contributed by atoms with Crippen molar-refractivity contribution in [1.82, 2.24) is 15.1 Å². The Morgan fingerprint density at radius 3 is 2.48 bits per heavy atom. The quantitative estimate of drug-likeness (QED) is 0.399. The summed E-state index contributed by atoms with van der Waals surface area (Å²) in [6, 6.07) is 23.3. The van der Waals surface area contributed by atoms with E-state index in [0.29, 0.717) is 17.3 Å². The highest BCUT2D eigenvalue weighted by molar-refractivity contribution is 5.95. The number of rotatable bonds is 5. The lowest BCUT2D eigenvalue weighted by Crippen LogP contribution is -2.30. The predicted molar refractivity (Wildman–Crippen MR) is 126 cm³/mol. The van der Waals surface area contributed by atoms with Gasteiger partial charge in [-0.3, -0.25) is 4.79 Å². The predicted octanol–water partition coefficient (Wildman–Crippen LogP) is 5.70. The monoisotopic (exact) mass is 439 g/mol. The molecule has 0 aliphatic carbocycles. The summed E-state index contributed by atoms with van der Waals surface area (Å²) in [5.74, 6) is 1.74. The Balaban J connectivity index is 1.34. The molecule has 1 aliphatic heterocycles. The number of methoxy groups -OCH3 is 1. The highest BCUT2D eigenvalue weighted by Gasteiger charge is 2.30. The zero-order chi connectivity index (χ0) is 22.8. The molecule has 1 amide bonds. The van der Waals surface area contributed by atoms with Crippen LogP contribution in [0.5, 0.6) is 5.75 Å². The van der Waals surface area contributed by atoms with E-state index in [2.05, 4.69) is 16.3 Å². The second-order valence-electron chi connectivity index (χ2n) is 8.29. The van der Waals surface area contributed by atoms with E-state index in [1.54, 1.807) is 7.11 Å². The molecule has 0 bridgehead atoms. The Bertz CT molecular complexity index is 1280. The third kappa shape index (κ3) is 4.24. The maximum atomic E-state index is 13.3. The summed E-state index contributed by atoms with van der Waals surface area (Å²) >= 11 is 0. The molecular formula is C27H25N3O3. The van der Waals surface area contributed by atoms with Crippen LogP contribution in [0, 0.1) is 6.92 Å². The molecule has 0 spiro atoms. The molecule has 0 saturated carbocycles. The highest BCUT2D eigenvalue weighted by atomic mass is 16.5. The van der Waals surface area contributed by atoms with E-state index in [1.165, 1.54) is 0 Å². The van der Waals surface area contributed by atoms with Gasteiger partial charge in [-0.05, 0) is 73.9 Å². The SMILES string of the molecule is COc1cccc(C2CCCN2C(=O)c2ccc(-c3nnc(-c4cccc(C)c4)o3)cc2)c1. The number of amides is 1. The zero-order valence-corrected chi connectivity index (χ0v) is 18.7. The molecule has 1 fully saturated rings. The Morgan fingerprint density at radius 1 is 0.970 bits per heavy atom. The second-order valence-corrected chi connectivity index (χ2v) is 8.29. The zero-order valence-electron chi connectivity index (χ0n) is 18.7. The molecule has 1 aromatic heterocycles. The minimum absolute atomic E-state index is 0.0258. The summed E-state index contributed by atoms with van der Waals surface area (Å²) in [6.45, 7) is 2.77. The van der Waals surface area contributed by atoms with Crippen LogP contribution in [-0.2, 0) is 0 Å². The van der Waals surface area contributed by atoms with Crippen molar-refractivity contribution in [3.8, 4) is 28.7 Å². The van der Waals surface area contributed by atoms with Crippen molar-refractivity contribution in [2.24, 2.45) is 0 Å². The molecule has 4 aromatic rings. The molecular weight excluding hydrogens is 414 g/mol. The van der Waals surface area contributed by atoms with Crippen LogP contribution in [0.1, 0.15) is 40.4 Å². The van der Waals surface area contributed by atoms with Crippen LogP contribution in [0.3, 0.4) is 0 Å². The Hall–Kier alpha value is -3.93. The molecule has 166 valence electrons. The molecule has 5 rings (SSSR count). The summed E-state index contributed by atoms with van der Waals surface area (Å²) in [5, 5.41) is 8.37. The van der Waals surface area contributed by atoms with Crippen molar-refractivity contribution in [1.29, 1.82) is 0 Å². The average molecular weight is 440 g/mol. The topological polar surface area (TPSA) is 68.5 Å². The standard InChI is InChI=1S/C27H25N3O3/c1-18-6-3-8-22(16-18)26-29-28-25(33-26)19-11-13-20(14-12-19)27(31)30-15-5-10-24(30)21-7-4-9-23(17-21)32-2/h3-4,6-9,11-14,16-17,24H,5,10,15H2,1-2H3. The van der Waals surface area contributed by atoms with E-state index in [1.807, 2.05) is 78.6 Å². The average Bonchev–Trinajstić information content (AvgIpc) is 3.54.